The van der Waals surface area contributed by atoms with E-state index in [-0.39, 0.29) is 23.1 Å². The molecule has 0 spiro atoms. The van der Waals surface area contributed by atoms with Crippen LogP contribution in [0.25, 0.3) is 0 Å². The van der Waals surface area contributed by atoms with Crippen molar-refractivity contribution < 1.29 is 4.79 Å². The predicted octanol–water partition coefficient (Wildman–Crippen LogP) is 4.85. The second-order valence-electron chi connectivity index (χ2n) is 6.24. The smallest absolute Gasteiger partial charge is 0.224 e. The SMILES string of the molecule is CC(C)(C)Sc1ccc(NC(=O)CCCCCCN)cc1.Cl. The molecule has 3 nitrogen and oxygen atoms in total. The van der Waals surface area contributed by atoms with Crippen molar-refractivity contribution in [3.05, 3.63) is 24.3 Å². The number of carbonyl (C=O) groups excluding carboxylic acids is 1. The molecule has 0 atom stereocenters. The van der Waals surface area contributed by atoms with Gasteiger partial charge in [0, 0.05) is 21.8 Å². The highest BCUT2D eigenvalue weighted by molar-refractivity contribution is 8.00. The molecule has 1 aromatic rings. The van der Waals surface area contributed by atoms with Crippen LogP contribution in [0.5, 0.6) is 0 Å². The number of halogens is 1. The van der Waals surface area contributed by atoms with Crippen molar-refractivity contribution in [3.63, 3.8) is 0 Å². The molecule has 22 heavy (non-hydrogen) atoms. The molecule has 1 amide bonds. The van der Waals surface area contributed by atoms with E-state index in [2.05, 4.69) is 38.2 Å². The van der Waals surface area contributed by atoms with Gasteiger partial charge in [0.1, 0.15) is 0 Å². The van der Waals surface area contributed by atoms with Crippen LogP contribution in [0.15, 0.2) is 29.2 Å². The Morgan fingerprint density at radius 1 is 1.09 bits per heavy atom. The van der Waals surface area contributed by atoms with Crippen LogP contribution < -0.4 is 11.1 Å². The van der Waals surface area contributed by atoms with Gasteiger partial charge >= 0.3 is 0 Å². The average molecular weight is 345 g/mol. The second kappa shape index (κ2) is 10.9. The minimum Gasteiger partial charge on any atom is -0.330 e. The summed E-state index contributed by atoms with van der Waals surface area (Å²) in [5.41, 5.74) is 6.32. The number of anilines is 1. The zero-order valence-electron chi connectivity index (χ0n) is 13.9. The quantitative estimate of drug-likeness (QED) is 0.523. The Morgan fingerprint density at radius 3 is 2.23 bits per heavy atom. The van der Waals surface area contributed by atoms with Gasteiger partial charge in [-0.3, -0.25) is 4.79 Å². The van der Waals surface area contributed by atoms with Crippen molar-refractivity contribution in [1.29, 1.82) is 0 Å². The summed E-state index contributed by atoms with van der Waals surface area (Å²) in [4.78, 5) is 13.0. The van der Waals surface area contributed by atoms with Crippen molar-refractivity contribution in [2.75, 3.05) is 11.9 Å². The maximum absolute atomic E-state index is 11.8. The molecule has 0 saturated carbocycles. The van der Waals surface area contributed by atoms with Crippen molar-refractivity contribution in [2.45, 2.75) is 62.5 Å². The molecule has 0 saturated heterocycles. The van der Waals surface area contributed by atoms with E-state index in [0.29, 0.717) is 6.42 Å². The van der Waals surface area contributed by atoms with E-state index < -0.39 is 0 Å². The first-order valence-corrected chi connectivity index (χ1v) is 8.51. The first kappa shape index (κ1) is 21.3. The van der Waals surface area contributed by atoms with Crippen LogP contribution in [-0.4, -0.2) is 17.2 Å². The summed E-state index contributed by atoms with van der Waals surface area (Å²) in [5.74, 6) is 0.0963. The highest BCUT2D eigenvalue weighted by atomic mass is 35.5. The maximum Gasteiger partial charge on any atom is 0.224 e. The van der Waals surface area contributed by atoms with Crippen LogP contribution in [0.2, 0.25) is 0 Å². The Labute approximate surface area is 145 Å². The van der Waals surface area contributed by atoms with Gasteiger partial charge in [-0.05, 0) is 43.7 Å². The van der Waals surface area contributed by atoms with E-state index in [0.717, 1.165) is 37.9 Å². The van der Waals surface area contributed by atoms with Gasteiger partial charge in [0.2, 0.25) is 5.91 Å². The van der Waals surface area contributed by atoms with Gasteiger partial charge < -0.3 is 11.1 Å². The van der Waals surface area contributed by atoms with Gasteiger partial charge in [0.15, 0.2) is 0 Å². The summed E-state index contributed by atoms with van der Waals surface area (Å²) in [5, 5.41) is 2.95. The zero-order valence-corrected chi connectivity index (χ0v) is 15.5. The van der Waals surface area contributed by atoms with Crippen molar-refractivity contribution >= 4 is 35.8 Å². The molecule has 0 radical (unpaired) electrons. The molecule has 1 aromatic carbocycles. The largest absolute Gasteiger partial charge is 0.330 e. The number of nitrogens with one attached hydrogen (secondary N) is 1. The Bertz CT molecular complexity index is 429. The number of unbranched alkanes of at least 4 members (excludes halogenated alkanes) is 3. The fourth-order valence-corrected chi connectivity index (χ4v) is 2.95. The van der Waals surface area contributed by atoms with Gasteiger partial charge in [-0.1, -0.05) is 33.6 Å². The van der Waals surface area contributed by atoms with Crippen LogP contribution in [-0.2, 0) is 4.79 Å². The Kier molecular flexibility index (Phi) is 10.6. The Hall–Kier alpha value is -0.710. The summed E-state index contributed by atoms with van der Waals surface area (Å²) in [6.07, 6.45) is 4.76. The number of hydrogen-bond acceptors (Lipinski definition) is 3. The molecule has 0 heterocycles. The fourth-order valence-electron chi connectivity index (χ4n) is 1.97. The van der Waals surface area contributed by atoms with E-state index in [1.807, 2.05) is 23.9 Å². The number of benzene rings is 1. The standard InChI is InChI=1S/C17H28N2OS.ClH/c1-17(2,3)21-15-11-9-14(10-12-15)19-16(20)8-6-4-5-7-13-18;/h9-12H,4-8,13,18H2,1-3H3,(H,19,20);1H. The van der Waals surface area contributed by atoms with Crippen LogP contribution >= 0.6 is 24.2 Å². The lowest BCUT2D eigenvalue weighted by molar-refractivity contribution is -0.116. The molecule has 126 valence electrons. The number of thioether (sulfide) groups is 1. The van der Waals surface area contributed by atoms with Crippen LogP contribution in [0.3, 0.4) is 0 Å². The number of carbonyl (C=O) groups is 1. The third kappa shape index (κ3) is 10.1. The van der Waals surface area contributed by atoms with Crippen molar-refractivity contribution in [1.82, 2.24) is 0 Å². The first-order valence-electron chi connectivity index (χ1n) is 7.70. The molecule has 0 fully saturated rings. The lowest BCUT2D eigenvalue weighted by Gasteiger charge is -2.17. The highest BCUT2D eigenvalue weighted by Crippen LogP contribution is 2.32. The van der Waals surface area contributed by atoms with E-state index in [1.54, 1.807) is 0 Å². The van der Waals surface area contributed by atoms with E-state index in [9.17, 15) is 4.79 Å². The van der Waals surface area contributed by atoms with Crippen LogP contribution in [0.4, 0.5) is 5.69 Å². The van der Waals surface area contributed by atoms with E-state index in [1.165, 1.54) is 4.90 Å². The number of amides is 1. The zero-order chi connectivity index (χ0) is 15.7. The van der Waals surface area contributed by atoms with Gasteiger partial charge in [-0.25, -0.2) is 0 Å². The molecular weight excluding hydrogens is 316 g/mol. The molecule has 0 aliphatic rings. The van der Waals surface area contributed by atoms with Crippen LogP contribution in [0, 0.1) is 0 Å². The highest BCUT2D eigenvalue weighted by Gasteiger charge is 2.11. The molecule has 0 aliphatic carbocycles. The average Bonchev–Trinajstić information content (AvgIpc) is 2.39. The lowest BCUT2D eigenvalue weighted by Crippen LogP contribution is -2.11. The summed E-state index contributed by atoms with van der Waals surface area (Å²) in [6, 6.07) is 8.07. The molecule has 5 heteroatoms. The van der Waals surface area contributed by atoms with Gasteiger partial charge in [0.25, 0.3) is 0 Å². The molecule has 3 N–H and O–H groups in total. The number of rotatable bonds is 8. The third-order valence-electron chi connectivity index (χ3n) is 2.92. The maximum atomic E-state index is 11.8. The fraction of sp³-hybridized carbons (Fsp3) is 0.588. The third-order valence-corrected chi connectivity index (χ3v) is 4.04. The molecular formula is C17H29ClN2OS. The summed E-state index contributed by atoms with van der Waals surface area (Å²) in [6.45, 7) is 7.32. The summed E-state index contributed by atoms with van der Waals surface area (Å²) >= 11 is 1.83. The van der Waals surface area contributed by atoms with Gasteiger partial charge in [-0.15, -0.1) is 24.2 Å². The molecule has 0 unspecified atom stereocenters. The van der Waals surface area contributed by atoms with Gasteiger partial charge in [-0.2, -0.15) is 0 Å². The molecule has 1 rings (SSSR count). The summed E-state index contributed by atoms with van der Waals surface area (Å²) in [7, 11) is 0. The predicted molar refractivity (Wildman–Crippen MR) is 100 cm³/mol. The minimum atomic E-state index is 0. The van der Waals surface area contributed by atoms with Crippen molar-refractivity contribution in [3.8, 4) is 0 Å². The Balaban J connectivity index is 0.00000441. The van der Waals surface area contributed by atoms with Gasteiger partial charge in [0.05, 0.1) is 0 Å². The molecule has 0 bridgehead atoms. The normalized spacial score (nSPS) is 10.9. The monoisotopic (exact) mass is 344 g/mol. The first-order chi connectivity index (χ1) is 9.90. The molecule has 0 aromatic heterocycles. The van der Waals surface area contributed by atoms with Crippen LogP contribution in [0.1, 0.15) is 52.9 Å². The minimum absolute atomic E-state index is 0. The topological polar surface area (TPSA) is 55.1 Å². The summed E-state index contributed by atoms with van der Waals surface area (Å²) < 4.78 is 0.203. The van der Waals surface area contributed by atoms with Crippen molar-refractivity contribution in [2.24, 2.45) is 5.73 Å². The van der Waals surface area contributed by atoms with E-state index in [4.69, 9.17) is 5.73 Å². The number of nitrogens with two attached hydrogens (primary N) is 1. The second-order valence-corrected chi connectivity index (χ2v) is 8.14. The lowest BCUT2D eigenvalue weighted by atomic mass is 10.1. The Morgan fingerprint density at radius 2 is 1.68 bits per heavy atom. The van der Waals surface area contributed by atoms with E-state index >= 15 is 0 Å². The number of hydrogen-bond donors (Lipinski definition) is 2. The molecule has 0 aliphatic heterocycles.